The number of aromatic nitrogens is 1. The van der Waals surface area contributed by atoms with Crippen molar-refractivity contribution in [3.8, 4) is 22.4 Å². The number of hydrogen-bond donors (Lipinski definition) is 4. The Hall–Kier alpha value is -4.27. The molecule has 7 nitrogen and oxygen atoms in total. The average Bonchev–Trinajstić information content (AvgIpc) is 3.34. The summed E-state index contributed by atoms with van der Waals surface area (Å²) in [6, 6.07) is 16.3. The second-order valence-corrected chi connectivity index (χ2v) is 13.5. The van der Waals surface area contributed by atoms with Crippen molar-refractivity contribution >= 4 is 17.6 Å². The van der Waals surface area contributed by atoms with Gasteiger partial charge in [0.05, 0.1) is 31.3 Å². The van der Waals surface area contributed by atoms with E-state index in [4.69, 9.17) is 5.11 Å². The van der Waals surface area contributed by atoms with E-state index in [9.17, 15) is 25.6 Å². The largest absolute Gasteiger partial charge is 0.481 e. The maximum atomic E-state index is 14.8. The van der Waals surface area contributed by atoms with Gasteiger partial charge < -0.3 is 25.2 Å². The number of aliphatic hydroxyl groups is 2. The lowest BCUT2D eigenvalue weighted by molar-refractivity contribution is -0.139. The van der Waals surface area contributed by atoms with Crippen LogP contribution in [-0.2, 0) is 4.79 Å². The normalized spacial score (nSPS) is 15.0. The molecule has 2 unspecified atom stereocenters. The van der Waals surface area contributed by atoms with Crippen molar-refractivity contribution in [2.75, 3.05) is 5.32 Å². The molecule has 0 fully saturated rings. The molecule has 256 valence electrons. The smallest absolute Gasteiger partial charge is 0.305 e. The number of rotatable bonds is 13. The number of anilines is 1. The number of aliphatic carboxylic acids is 1. The van der Waals surface area contributed by atoms with Gasteiger partial charge in [-0.15, -0.1) is 0 Å². The number of halogens is 1. The van der Waals surface area contributed by atoms with E-state index >= 15 is 0 Å². The number of aryl methyl sites for hydroxylation is 4. The summed E-state index contributed by atoms with van der Waals surface area (Å²) < 4.78 is 26.3. The Morgan fingerprint density at radius 1 is 0.875 bits per heavy atom. The standard InChI is InChI=1S/C40H49FN2O5/c1-22(2)28(8)38-37(40(48)42-31-14-12-24(4)25(5)18-31)36(29-11-9-10-23(3)16-29)39(34-15-13-30(41)17-26(34)6)43(38)27(7)19-32(44)20-33(45)21-35(46)47/h9-18,22,27-28,32-33,44-45H,19-21H2,1-8H3,(H,42,48)(H,46,47)/t27?,28?,32-,33-/m1/s1/i27D. The highest BCUT2D eigenvalue weighted by atomic mass is 19.1. The molecule has 0 radical (unpaired) electrons. The highest BCUT2D eigenvalue weighted by Gasteiger charge is 2.35. The molecule has 4 aromatic rings. The van der Waals surface area contributed by atoms with Crippen molar-refractivity contribution in [1.29, 1.82) is 0 Å². The zero-order valence-electron chi connectivity index (χ0n) is 30.2. The van der Waals surface area contributed by atoms with Crippen LogP contribution in [0.4, 0.5) is 10.1 Å². The molecule has 1 aromatic heterocycles. The minimum atomic E-state index is -1.62. The van der Waals surface area contributed by atoms with Gasteiger partial charge in [-0.1, -0.05) is 56.7 Å². The zero-order chi connectivity index (χ0) is 36.4. The maximum absolute atomic E-state index is 14.8. The van der Waals surface area contributed by atoms with Crippen molar-refractivity contribution in [2.45, 2.75) is 98.8 Å². The van der Waals surface area contributed by atoms with Gasteiger partial charge in [0.15, 0.2) is 0 Å². The van der Waals surface area contributed by atoms with E-state index in [1.807, 2.05) is 84.0 Å². The number of carboxylic acids is 1. The highest BCUT2D eigenvalue weighted by molar-refractivity contribution is 6.12. The summed E-state index contributed by atoms with van der Waals surface area (Å²) in [6.45, 7) is 15.5. The van der Waals surface area contributed by atoms with Crippen LogP contribution in [0.25, 0.3) is 22.4 Å². The Morgan fingerprint density at radius 3 is 2.19 bits per heavy atom. The first-order valence-electron chi connectivity index (χ1n) is 17.0. The van der Waals surface area contributed by atoms with Gasteiger partial charge in [0.25, 0.3) is 5.91 Å². The molecule has 4 rings (SSSR count). The number of hydrogen-bond acceptors (Lipinski definition) is 4. The lowest BCUT2D eigenvalue weighted by atomic mass is 9.88. The quantitative estimate of drug-likeness (QED) is 0.115. The van der Waals surface area contributed by atoms with Crippen molar-refractivity contribution in [1.82, 2.24) is 4.57 Å². The molecule has 0 bridgehead atoms. The monoisotopic (exact) mass is 657 g/mol. The minimum Gasteiger partial charge on any atom is -0.481 e. The summed E-state index contributed by atoms with van der Waals surface area (Å²) in [4.78, 5) is 26.0. The van der Waals surface area contributed by atoms with Crippen molar-refractivity contribution in [3.05, 3.63) is 100.0 Å². The summed E-state index contributed by atoms with van der Waals surface area (Å²) in [6.07, 6.45) is -3.51. The van der Waals surface area contributed by atoms with Crippen molar-refractivity contribution in [3.63, 3.8) is 0 Å². The third kappa shape index (κ3) is 8.23. The molecule has 1 heterocycles. The second kappa shape index (κ2) is 15.3. The zero-order valence-corrected chi connectivity index (χ0v) is 29.2. The summed E-state index contributed by atoms with van der Waals surface area (Å²) in [5.74, 6) is -2.22. The molecule has 0 aliphatic heterocycles. The molecular formula is C40H49FN2O5. The van der Waals surface area contributed by atoms with Gasteiger partial charge in [-0.05, 0) is 112 Å². The first-order chi connectivity index (χ1) is 22.9. The Labute approximate surface area is 284 Å². The molecular weight excluding hydrogens is 607 g/mol. The Morgan fingerprint density at radius 2 is 1.58 bits per heavy atom. The number of nitrogens with zero attached hydrogens (tertiary/aromatic N) is 1. The summed E-state index contributed by atoms with van der Waals surface area (Å²) in [5, 5.41) is 33.8. The third-order valence-corrected chi connectivity index (χ3v) is 9.25. The van der Waals surface area contributed by atoms with E-state index in [-0.39, 0.29) is 30.6 Å². The van der Waals surface area contributed by atoms with Gasteiger partial charge in [0, 0.05) is 28.5 Å². The molecule has 4 atom stereocenters. The SMILES string of the molecule is [2H]C(C)(C[C@@H](O)C[C@@H](O)CC(=O)O)n1c(-c2ccc(F)cc2C)c(-c2cccc(C)c2)c(C(=O)Nc2ccc(C)c(C)c2)c1C(C)C(C)C. The molecule has 0 aliphatic rings. The van der Waals surface area contributed by atoms with Crippen molar-refractivity contribution in [2.24, 2.45) is 5.92 Å². The number of amides is 1. The molecule has 8 heteroatoms. The molecule has 0 spiro atoms. The summed E-state index contributed by atoms with van der Waals surface area (Å²) in [5.41, 5.74) is 7.74. The van der Waals surface area contributed by atoms with Crippen LogP contribution < -0.4 is 5.32 Å². The predicted octanol–water partition coefficient (Wildman–Crippen LogP) is 8.74. The fourth-order valence-electron chi connectivity index (χ4n) is 6.32. The number of nitrogens with one attached hydrogen (secondary N) is 1. The molecule has 4 N–H and O–H groups in total. The molecule has 48 heavy (non-hydrogen) atoms. The van der Waals surface area contributed by atoms with Gasteiger partial charge in [-0.25, -0.2) is 4.39 Å². The number of carbonyl (C=O) groups excluding carboxylic acids is 1. The van der Waals surface area contributed by atoms with Crippen LogP contribution in [0.15, 0.2) is 60.7 Å². The molecule has 0 saturated heterocycles. The van der Waals surface area contributed by atoms with Crippen LogP contribution in [-0.4, -0.2) is 44.0 Å². The van der Waals surface area contributed by atoms with E-state index in [0.717, 1.165) is 22.3 Å². The Bertz CT molecular complexity index is 1850. The lowest BCUT2D eigenvalue weighted by Crippen LogP contribution is -2.25. The van der Waals surface area contributed by atoms with Crippen LogP contribution >= 0.6 is 0 Å². The average molecular weight is 658 g/mol. The van der Waals surface area contributed by atoms with Gasteiger partial charge >= 0.3 is 5.97 Å². The van der Waals surface area contributed by atoms with Crippen molar-refractivity contribution < 1.29 is 30.7 Å². The van der Waals surface area contributed by atoms with E-state index in [1.165, 1.54) is 12.1 Å². The van der Waals surface area contributed by atoms with Crippen LogP contribution in [0, 0.1) is 39.4 Å². The maximum Gasteiger partial charge on any atom is 0.305 e. The number of carboxylic acid groups (broad SMARTS) is 1. The molecule has 3 aromatic carbocycles. The van der Waals surface area contributed by atoms with Gasteiger partial charge in [-0.2, -0.15) is 0 Å². The fourth-order valence-corrected chi connectivity index (χ4v) is 6.32. The van der Waals surface area contributed by atoms with Gasteiger partial charge in [-0.3, -0.25) is 9.59 Å². The van der Waals surface area contributed by atoms with E-state index < -0.39 is 36.4 Å². The Kier molecular flexibility index (Phi) is 11.2. The van der Waals surface area contributed by atoms with Crippen LogP contribution in [0.3, 0.4) is 0 Å². The molecule has 1 amide bonds. The second-order valence-electron chi connectivity index (χ2n) is 13.5. The highest BCUT2D eigenvalue weighted by Crippen LogP contribution is 2.47. The number of benzene rings is 3. The first-order valence-corrected chi connectivity index (χ1v) is 16.5. The van der Waals surface area contributed by atoms with E-state index in [2.05, 4.69) is 5.32 Å². The topological polar surface area (TPSA) is 112 Å². The van der Waals surface area contributed by atoms with Gasteiger partial charge in [0.2, 0.25) is 0 Å². The number of carbonyl (C=O) groups is 2. The molecule has 0 saturated carbocycles. The van der Waals surface area contributed by atoms with Crippen LogP contribution in [0.1, 0.15) is 98.6 Å². The van der Waals surface area contributed by atoms with E-state index in [1.54, 1.807) is 24.5 Å². The molecule has 0 aliphatic carbocycles. The van der Waals surface area contributed by atoms with Crippen LogP contribution in [0.2, 0.25) is 0 Å². The lowest BCUT2D eigenvalue weighted by Gasteiger charge is -2.28. The first kappa shape index (κ1) is 35.0. The summed E-state index contributed by atoms with van der Waals surface area (Å²) >= 11 is 0. The summed E-state index contributed by atoms with van der Waals surface area (Å²) in [7, 11) is 0. The van der Waals surface area contributed by atoms with Gasteiger partial charge in [0.1, 0.15) is 5.82 Å². The number of aliphatic hydroxyl groups excluding tert-OH is 2. The van der Waals surface area contributed by atoms with Crippen LogP contribution in [0.5, 0.6) is 0 Å². The third-order valence-electron chi connectivity index (χ3n) is 9.25. The predicted molar refractivity (Wildman–Crippen MR) is 190 cm³/mol. The minimum absolute atomic E-state index is 0.0208. The fraction of sp³-hybridized carbons (Fsp3) is 0.400. The Balaban J connectivity index is 2.12. The van der Waals surface area contributed by atoms with E-state index in [0.29, 0.717) is 39.3 Å².